The Bertz CT molecular complexity index is 586. The molecule has 0 aliphatic carbocycles. The second kappa shape index (κ2) is 4.85. The summed E-state index contributed by atoms with van der Waals surface area (Å²) in [5, 5.41) is 2.75. The van der Waals surface area contributed by atoms with Crippen LogP contribution in [0, 0.1) is 0 Å². The van der Waals surface area contributed by atoms with E-state index in [9.17, 15) is 0 Å². The molecule has 1 unspecified atom stereocenters. The molecule has 94 valence electrons. The van der Waals surface area contributed by atoms with E-state index >= 15 is 0 Å². The first-order valence-corrected chi connectivity index (χ1v) is 7.65. The Morgan fingerprint density at radius 1 is 1.39 bits per heavy atom. The van der Waals surface area contributed by atoms with Gasteiger partial charge in [-0.15, -0.1) is 11.3 Å². The molecule has 1 aromatic heterocycles. The predicted molar refractivity (Wildman–Crippen MR) is 78.4 cm³/mol. The molecule has 1 aliphatic heterocycles. The van der Waals surface area contributed by atoms with Crippen LogP contribution in [0.2, 0.25) is 5.02 Å². The van der Waals surface area contributed by atoms with Gasteiger partial charge in [-0.1, -0.05) is 11.6 Å². The summed E-state index contributed by atoms with van der Waals surface area (Å²) in [5.41, 5.74) is 7.20. The lowest BCUT2D eigenvalue weighted by Gasteiger charge is -2.30. The van der Waals surface area contributed by atoms with Crippen molar-refractivity contribution in [1.82, 2.24) is 0 Å². The van der Waals surface area contributed by atoms with Crippen LogP contribution in [-0.2, 0) is 0 Å². The standard InChI is InChI=1S/C13H11BrClNOS/c14-9-3-4-18-13(9)12-6-10(16)8-5-7(15)1-2-11(8)17-12/h1-5,10,12H,6,16H2/t10-,12?/m0/s1. The van der Waals surface area contributed by atoms with E-state index in [1.807, 2.05) is 29.6 Å². The lowest BCUT2D eigenvalue weighted by atomic mass is 9.96. The minimum atomic E-state index is -0.0357. The third kappa shape index (κ3) is 2.18. The molecular weight excluding hydrogens is 334 g/mol. The Morgan fingerprint density at radius 2 is 2.22 bits per heavy atom. The lowest BCUT2D eigenvalue weighted by molar-refractivity contribution is 0.164. The molecule has 2 heterocycles. The van der Waals surface area contributed by atoms with Crippen LogP contribution in [0.4, 0.5) is 0 Å². The summed E-state index contributed by atoms with van der Waals surface area (Å²) in [6, 6.07) is 7.61. The molecule has 1 aliphatic rings. The number of ether oxygens (including phenoxy) is 1. The monoisotopic (exact) mass is 343 g/mol. The van der Waals surface area contributed by atoms with Crippen molar-refractivity contribution < 1.29 is 4.74 Å². The van der Waals surface area contributed by atoms with Crippen molar-refractivity contribution >= 4 is 38.9 Å². The van der Waals surface area contributed by atoms with Gasteiger partial charge >= 0.3 is 0 Å². The number of thiophene rings is 1. The zero-order valence-corrected chi connectivity index (χ0v) is 12.6. The smallest absolute Gasteiger partial charge is 0.136 e. The first-order chi connectivity index (χ1) is 8.65. The van der Waals surface area contributed by atoms with Gasteiger partial charge in [0.2, 0.25) is 0 Å². The van der Waals surface area contributed by atoms with Crippen LogP contribution in [0.3, 0.4) is 0 Å². The van der Waals surface area contributed by atoms with Gasteiger partial charge in [0.25, 0.3) is 0 Å². The van der Waals surface area contributed by atoms with Gasteiger partial charge in [-0.25, -0.2) is 0 Å². The molecule has 2 aromatic rings. The van der Waals surface area contributed by atoms with Crippen molar-refractivity contribution in [3.05, 3.63) is 49.6 Å². The summed E-state index contributed by atoms with van der Waals surface area (Å²) in [4.78, 5) is 1.19. The SMILES string of the molecule is N[C@H]1CC(c2sccc2Br)Oc2ccc(Cl)cc21. The molecule has 0 bridgehead atoms. The molecule has 0 spiro atoms. The first kappa shape index (κ1) is 12.5. The van der Waals surface area contributed by atoms with Crippen LogP contribution >= 0.6 is 38.9 Å². The summed E-state index contributed by atoms with van der Waals surface area (Å²) in [6.45, 7) is 0. The normalized spacial score (nSPS) is 22.4. The Balaban J connectivity index is 1.97. The zero-order chi connectivity index (χ0) is 12.7. The van der Waals surface area contributed by atoms with Crippen molar-refractivity contribution in [3.63, 3.8) is 0 Å². The summed E-state index contributed by atoms with van der Waals surface area (Å²) in [5.74, 6) is 0.837. The highest BCUT2D eigenvalue weighted by molar-refractivity contribution is 9.10. The molecule has 2 nitrogen and oxygen atoms in total. The van der Waals surface area contributed by atoms with Crippen molar-refractivity contribution in [1.29, 1.82) is 0 Å². The number of hydrogen-bond donors (Lipinski definition) is 1. The molecule has 3 rings (SSSR count). The van der Waals surface area contributed by atoms with E-state index in [2.05, 4.69) is 15.9 Å². The highest BCUT2D eigenvalue weighted by Crippen LogP contribution is 2.43. The summed E-state index contributed by atoms with van der Waals surface area (Å²) < 4.78 is 7.11. The largest absolute Gasteiger partial charge is 0.484 e. The Labute approximate surface area is 123 Å². The van der Waals surface area contributed by atoms with Gasteiger partial charge in [0.1, 0.15) is 11.9 Å². The van der Waals surface area contributed by atoms with Gasteiger partial charge in [0.15, 0.2) is 0 Å². The second-order valence-electron chi connectivity index (χ2n) is 4.26. The third-order valence-corrected chi connectivity index (χ3v) is 5.24. The van der Waals surface area contributed by atoms with Crippen LogP contribution in [0.15, 0.2) is 34.1 Å². The van der Waals surface area contributed by atoms with Gasteiger partial charge in [-0.2, -0.15) is 0 Å². The van der Waals surface area contributed by atoms with Crippen LogP contribution in [0.25, 0.3) is 0 Å². The molecule has 1 aromatic carbocycles. The Hall–Kier alpha value is -0.550. The Morgan fingerprint density at radius 3 is 2.94 bits per heavy atom. The fourth-order valence-electron chi connectivity index (χ4n) is 2.17. The number of halogens is 2. The van der Waals surface area contributed by atoms with E-state index in [1.165, 1.54) is 4.88 Å². The number of rotatable bonds is 1. The van der Waals surface area contributed by atoms with E-state index in [4.69, 9.17) is 22.1 Å². The van der Waals surface area contributed by atoms with Crippen LogP contribution in [0.5, 0.6) is 5.75 Å². The maximum atomic E-state index is 6.21. The summed E-state index contributed by atoms with van der Waals surface area (Å²) >= 11 is 11.2. The molecule has 0 saturated carbocycles. The summed E-state index contributed by atoms with van der Waals surface area (Å²) in [6.07, 6.45) is 0.787. The van der Waals surface area contributed by atoms with Crippen molar-refractivity contribution in [3.8, 4) is 5.75 Å². The predicted octanol–water partition coefficient (Wildman–Crippen LogP) is 4.69. The number of fused-ring (bicyclic) bond motifs is 1. The van der Waals surface area contributed by atoms with E-state index in [0.29, 0.717) is 5.02 Å². The number of benzene rings is 1. The van der Waals surface area contributed by atoms with Gasteiger partial charge in [-0.05, 0) is 45.6 Å². The van der Waals surface area contributed by atoms with Crippen molar-refractivity contribution in [2.45, 2.75) is 18.6 Å². The number of nitrogens with two attached hydrogens (primary N) is 1. The van der Waals surface area contributed by atoms with Crippen molar-refractivity contribution in [2.75, 3.05) is 0 Å². The van der Waals surface area contributed by atoms with E-state index in [0.717, 1.165) is 22.2 Å². The van der Waals surface area contributed by atoms with Gasteiger partial charge in [-0.3, -0.25) is 0 Å². The molecule has 0 fully saturated rings. The molecule has 2 atom stereocenters. The van der Waals surface area contributed by atoms with Crippen LogP contribution < -0.4 is 10.5 Å². The minimum absolute atomic E-state index is 0.0167. The topological polar surface area (TPSA) is 35.2 Å². The van der Waals surface area contributed by atoms with E-state index < -0.39 is 0 Å². The molecule has 2 N–H and O–H groups in total. The van der Waals surface area contributed by atoms with Gasteiger partial charge in [0.05, 0.1) is 4.88 Å². The third-order valence-electron chi connectivity index (χ3n) is 3.05. The summed E-state index contributed by atoms with van der Waals surface area (Å²) in [7, 11) is 0. The highest BCUT2D eigenvalue weighted by Gasteiger charge is 2.29. The maximum Gasteiger partial charge on any atom is 0.136 e. The minimum Gasteiger partial charge on any atom is -0.484 e. The average molecular weight is 345 g/mol. The molecule has 18 heavy (non-hydrogen) atoms. The van der Waals surface area contributed by atoms with Gasteiger partial charge in [0, 0.05) is 27.5 Å². The number of hydrogen-bond acceptors (Lipinski definition) is 3. The first-order valence-electron chi connectivity index (χ1n) is 5.59. The quantitative estimate of drug-likeness (QED) is 0.814. The average Bonchev–Trinajstić information content (AvgIpc) is 2.76. The second-order valence-corrected chi connectivity index (χ2v) is 6.50. The molecule has 0 amide bonds. The van der Waals surface area contributed by atoms with Gasteiger partial charge < -0.3 is 10.5 Å². The zero-order valence-electron chi connectivity index (χ0n) is 9.40. The highest BCUT2D eigenvalue weighted by atomic mass is 79.9. The maximum absolute atomic E-state index is 6.21. The molecular formula is C13H11BrClNOS. The fourth-order valence-corrected chi connectivity index (χ4v) is 4.02. The van der Waals surface area contributed by atoms with Crippen molar-refractivity contribution in [2.24, 2.45) is 5.73 Å². The van der Waals surface area contributed by atoms with Crippen LogP contribution in [-0.4, -0.2) is 0 Å². The lowest BCUT2D eigenvalue weighted by Crippen LogP contribution is -2.23. The van der Waals surface area contributed by atoms with E-state index in [-0.39, 0.29) is 12.1 Å². The molecule has 0 saturated heterocycles. The Kier molecular flexibility index (Phi) is 3.36. The van der Waals surface area contributed by atoms with E-state index in [1.54, 1.807) is 11.3 Å². The molecule has 0 radical (unpaired) electrons. The molecule has 5 heteroatoms. The fraction of sp³-hybridized carbons (Fsp3) is 0.231. The van der Waals surface area contributed by atoms with Crippen LogP contribution in [0.1, 0.15) is 29.0 Å².